The molecule has 0 amide bonds. The van der Waals surface area contributed by atoms with Crippen molar-refractivity contribution in [2.24, 2.45) is 0 Å². The van der Waals surface area contributed by atoms with Gasteiger partial charge in [0.15, 0.2) is 11.5 Å². The van der Waals surface area contributed by atoms with E-state index in [-0.39, 0.29) is 0 Å². The van der Waals surface area contributed by atoms with Crippen LogP contribution in [0.4, 0.5) is 0 Å². The van der Waals surface area contributed by atoms with Gasteiger partial charge in [0.25, 0.3) is 5.79 Å². The van der Waals surface area contributed by atoms with E-state index in [1.807, 2.05) is 39.8 Å². The van der Waals surface area contributed by atoms with Crippen molar-refractivity contribution in [3.63, 3.8) is 0 Å². The molecule has 0 aliphatic heterocycles. The second kappa shape index (κ2) is 7.36. The average molecular weight is 268 g/mol. The zero-order valence-corrected chi connectivity index (χ0v) is 12.3. The fourth-order valence-electron chi connectivity index (χ4n) is 2.01. The van der Waals surface area contributed by atoms with E-state index in [1.165, 1.54) is 0 Å². The SMILES string of the molecule is C=C1C=C(OCC)C(OCC)(OCC)C(OCC)=C1. The predicted octanol–water partition coefficient (Wildman–Crippen LogP) is 3.17. The molecule has 1 aliphatic rings. The second-order valence-corrected chi connectivity index (χ2v) is 3.94. The van der Waals surface area contributed by atoms with Crippen LogP contribution in [0, 0.1) is 0 Å². The Morgan fingerprint density at radius 1 is 0.842 bits per heavy atom. The molecule has 0 unspecified atom stereocenters. The lowest BCUT2D eigenvalue weighted by atomic mass is 10.0. The highest BCUT2D eigenvalue weighted by Crippen LogP contribution is 2.38. The van der Waals surface area contributed by atoms with E-state index in [4.69, 9.17) is 18.9 Å². The maximum atomic E-state index is 5.84. The average Bonchev–Trinajstić information content (AvgIpc) is 2.36. The zero-order chi connectivity index (χ0) is 14.3. The summed E-state index contributed by atoms with van der Waals surface area (Å²) in [7, 11) is 0. The van der Waals surface area contributed by atoms with E-state index in [1.54, 1.807) is 0 Å². The van der Waals surface area contributed by atoms with Gasteiger partial charge >= 0.3 is 0 Å². The Balaban J connectivity index is 3.21. The van der Waals surface area contributed by atoms with Crippen LogP contribution < -0.4 is 0 Å². The highest BCUT2D eigenvalue weighted by Gasteiger charge is 2.46. The summed E-state index contributed by atoms with van der Waals surface area (Å²) in [5.41, 5.74) is 0.807. The highest BCUT2D eigenvalue weighted by atomic mass is 16.7. The molecule has 0 heterocycles. The lowest BCUT2D eigenvalue weighted by Crippen LogP contribution is -2.44. The molecule has 0 aromatic heterocycles. The third-order valence-electron chi connectivity index (χ3n) is 2.58. The molecule has 4 nitrogen and oxygen atoms in total. The summed E-state index contributed by atoms with van der Waals surface area (Å²) in [5, 5.41) is 0. The Hall–Kier alpha value is -1.26. The molecule has 0 radical (unpaired) electrons. The fourth-order valence-corrected chi connectivity index (χ4v) is 2.01. The Morgan fingerprint density at radius 2 is 1.26 bits per heavy atom. The van der Waals surface area contributed by atoms with Gasteiger partial charge in [0, 0.05) is 13.2 Å². The minimum absolute atomic E-state index is 0.487. The molecule has 0 spiro atoms. The molecule has 19 heavy (non-hydrogen) atoms. The zero-order valence-electron chi connectivity index (χ0n) is 12.3. The third-order valence-corrected chi connectivity index (χ3v) is 2.58. The second-order valence-electron chi connectivity index (χ2n) is 3.94. The van der Waals surface area contributed by atoms with E-state index in [2.05, 4.69) is 6.58 Å². The van der Waals surface area contributed by atoms with Gasteiger partial charge in [-0.05, 0) is 45.4 Å². The van der Waals surface area contributed by atoms with Crippen LogP contribution in [0.1, 0.15) is 27.7 Å². The van der Waals surface area contributed by atoms with Crippen molar-refractivity contribution in [2.75, 3.05) is 26.4 Å². The summed E-state index contributed by atoms with van der Waals surface area (Å²) >= 11 is 0. The van der Waals surface area contributed by atoms with Crippen molar-refractivity contribution >= 4 is 0 Å². The number of allylic oxidation sites excluding steroid dienone is 3. The van der Waals surface area contributed by atoms with E-state index < -0.39 is 5.79 Å². The van der Waals surface area contributed by atoms with Gasteiger partial charge in [-0.25, -0.2) is 0 Å². The third kappa shape index (κ3) is 3.39. The maximum Gasteiger partial charge on any atom is 0.288 e. The first-order valence-corrected chi connectivity index (χ1v) is 6.81. The van der Waals surface area contributed by atoms with E-state index in [0.717, 1.165) is 5.57 Å². The largest absolute Gasteiger partial charge is 0.492 e. The summed E-state index contributed by atoms with van der Waals surface area (Å²) in [4.78, 5) is 0. The van der Waals surface area contributed by atoms with Gasteiger partial charge in [0.2, 0.25) is 0 Å². The smallest absolute Gasteiger partial charge is 0.288 e. The summed E-state index contributed by atoms with van der Waals surface area (Å²) in [6, 6.07) is 0. The molecule has 0 bridgehead atoms. The molecule has 4 heteroatoms. The Kier molecular flexibility index (Phi) is 6.12. The lowest BCUT2D eigenvalue weighted by Gasteiger charge is -2.37. The van der Waals surface area contributed by atoms with Gasteiger partial charge in [-0.2, -0.15) is 0 Å². The van der Waals surface area contributed by atoms with Crippen LogP contribution in [0.25, 0.3) is 0 Å². The normalized spacial score (nSPS) is 17.8. The molecule has 0 aromatic rings. The molecule has 0 saturated carbocycles. The standard InChI is InChI=1S/C15H24O4/c1-6-16-13-10-12(5)11-14(17-7-2)15(13,18-8-3)19-9-4/h10-11H,5-9H2,1-4H3. The molecule has 108 valence electrons. The predicted molar refractivity (Wildman–Crippen MR) is 74.5 cm³/mol. The summed E-state index contributed by atoms with van der Waals surface area (Å²) < 4.78 is 23.0. The summed E-state index contributed by atoms with van der Waals surface area (Å²) in [5.74, 6) is 0.0979. The van der Waals surface area contributed by atoms with Gasteiger partial charge in [0.05, 0.1) is 13.2 Å². The van der Waals surface area contributed by atoms with Gasteiger partial charge in [-0.1, -0.05) is 6.58 Å². The molecule has 0 N–H and O–H groups in total. The molecule has 1 rings (SSSR count). The van der Waals surface area contributed by atoms with Crippen LogP contribution in [0.5, 0.6) is 0 Å². The van der Waals surface area contributed by atoms with Crippen LogP contribution in [0.2, 0.25) is 0 Å². The van der Waals surface area contributed by atoms with Crippen molar-refractivity contribution < 1.29 is 18.9 Å². The highest BCUT2D eigenvalue weighted by molar-refractivity contribution is 5.42. The van der Waals surface area contributed by atoms with Crippen molar-refractivity contribution in [2.45, 2.75) is 33.5 Å². The van der Waals surface area contributed by atoms with Crippen LogP contribution >= 0.6 is 0 Å². The van der Waals surface area contributed by atoms with Crippen LogP contribution in [-0.2, 0) is 18.9 Å². The monoisotopic (exact) mass is 268 g/mol. The van der Waals surface area contributed by atoms with Gasteiger partial charge in [0.1, 0.15) is 0 Å². The molecule has 0 aromatic carbocycles. The molecule has 0 fully saturated rings. The Morgan fingerprint density at radius 3 is 1.58 bits per heavy atom. The quantitative estimate of drug-likeness (QED) is 0.634. The Bertz CT molecular complexity index is 334. The molecular formula is C15H24O4. The Labute approximate surface area is 115 Å². The number of ether oxygens (including phenoxy) is 4. The first-order valence-electron chi connectivity index (χ1n) is 6.81. The van der Waals surface area contributed by atoms with Crippen LogP contribution in [-0.4, -0.2) is 32.2 Å². The van der Waals surface area contributed by atoms with Crippen LogP contribution in [0.15, 0.2) is 35.8 Å². The first-order chi connectivity index (χ1) is 9.14. The number of rotatable bonds is 8. The topological polar surface area (TPSA) is 36.9 Å². The minimum Gasteiger partial charge on any atom is -0.492 e. The molecule has 0 saturated heterocycles. The van der Waals surface area contributed by atoms with Gasteiger partial charge in [-0.15, -0.1) is 0 Å². The summed E-state index contributed by atoms with van der Waals surface area (Å²) in [6.45, 7) is 13.6. The lowest BCUT2D eigenvalue weighted by molar-refractivity contribution is -0.224. The maximum absolute atomic E-state index is 5.84. The molecule has 1 aliphatic carbocycles. The number of hydrogen-bond donors (Lipinski definition) is 0. The van der Waals surface area contributed by atoms with E-state index in [9.17, 15) is 0 Å². The first kappa shape index (κ1) is 15.8. The van der Waals surface area contributed by atoms with Gasteiger partial charge in [-0.3, -0.25) is 0 Å². The van der Waals surface area contributed by atoms with E-state index in [0.29, 0.717) is 37.9 Å². The fraction of sp³-hybridized carbons (Fsp3) is 0.600. The van der Waals surface area contributed by atoms with Crippen molar-refractivity contribution in [3.05, 3.63) is 35.8 Å². The van der Waals surface area contributed by atoms with E-state index >= 15 is 0 Å². The van der Waals surface area contributed by atoms with Crippen molar-refractivity contribution in [1.82, 2.24) is 0 Å². The van der Waals surface area contributed by atoms with Crippen LogP contribution in [0.3, 0.4) is 0 Å². The van der Waals surface area contributed by atoms with Crippen molar-refractivity contribution in [3.8, 4) is 0 Å². The minimum atomic E-state index is -1.09. The summed E-state index contributed by atoms with van der Waals surface area (Å²) in [6.07, 6.45) is 3.66. The van der Waals surface area contributed by atoms with Crippen molar-refractivity contribution in [1.29, 1.82) is 0 Å². The number of hydrogen-bond acceptors (Lipinski definition) is 4. The molecule has 0 atom stereocenters. The van der Waals surface area contributed by atoms with Gasteiger partial charge < -0.3 is 18.9 Å². The molecular weight excluding hydrogens is 244 g/mol.